The van der Waals surface area contributed by atoms with Crippen molar-refractivity contribution in [3.8, 4) is 5.75 Å². The lowest BCUT2D eigenvalue weighted by atomic mass is 9.97. The fourth-order valence-electron chi connectivity index (χ4n) is 1.80. The van der Waals surface area contributed by atoms with Crippen molar-refractivity contribution in [2.45, 2.75) is 43.8 Å². The van der Waals surface area contributed by atoms with Crippen LogP contribution in [0.2, 0.25) is 5.02 Å². The summed E-state index contributed by atoms with van der Waals surface area (Å²) in [6, 6.07) is 7.20. The molecule has 0 saturated carbocycles. The molecule has 2 aromatic heterocycles. The van der Waals surface area contributed by atoms with E-state index in [9.17, 15) is 0 Å². The van der Waals surface area contributed by atoms with Crippen LogP contribution >= 0.6 is 23.4 Å². The molecule has 0 aliphatic rings. The quantitative estimate of drug-likeness (QED) is 0.585. The number of nitrogens with zero attached hydrogens (tertiary/aromatic N) is 4. The smallest absolute Gasteiger partial charge is 0.277 e. The van der Waals surface area contributed by atoms with E-state index in [1.54, 1.807) is 12.1 Å². The van der Waals surface area contributed by atoms with Crippen LogP contribution in [0, 0.1) is 0 Å². The van der Waals surface area contributed by atoms with Crippen molar-refractivity contribution in [3.05, 3.63) is 46.9 Å². The van der Waals surface area contributed by atoms with E-state index in [0.29, 0.717) is 39.4 Å². The molecule has 7 nitrogen and oxygen atoms in total. The topological polar surface area (TPSA) is 87.1 Å². The van der Waals surface area contributed by atoms with E-state index in [4.69, 9.17) is 25.3 Å². The maximum atomic E-state index is 6.03. The summed E-state index contributed by atoms with van der Waals surface area (Å²) in [5, 5.41) is 12.8. The molecule has 0 aliphatic heterocycles. The fraction of sp³-hybridized carbons (Fsp3) is 0.375. The lowest BCUT2D eigenvalue weighted by molar-refractivity contribution is 0.252. The summed E-state index contributed by atoms with van der Waals surface area (Å²) in [6.45, 7) is 6.19. The zero-order valence-corrected chi connectivity index (χ0v) is 15.6. The molecular weight excluding hydrogens is 364 g/mol. The first-order valence-electron chi connectivity index (χ1n) is 7.57. The van der Waals surface area contributed by atoms with Crippen LogP contribution in [0.25, 0.3) is 0 Å². The normalized spacial score (nSPS) is 11.7. The van der Waals surface area contributed by atoms with E-state index in [-0.39, 0.29) is 12.0 Å². The van der Waals surface area contributed by atoms with Crippen molar-refractivity contribution in [1.82, 2.24) is 20.3 Å². The lowest BCUT2D eigenvalue weighted by Gasteiger charge is -2.10. The maximum Gasteiger partial charge on any atom is 0.277 e. The van der Waals surface area contributed by atoms with Crippen LogP contribution in [0.1, 0.15) is 38.4 Å². The predicted molar refractivity (Wildman–Crippen MR) is 92.6 cm³/mol. The monoisotopic (exact) mass is 380 g/mol. The number of rotatable bonds is 6. The second-order valence-corrected chi connectivity index (χ2v) is 7.57. The zero-order valence-electron chi connectivity index (χ0n) is 14.0. The Labute approximate surface area is 154 Å². The molecule has 0 spiro atoms. The van der Waals surface area contributed by atoms with Gasteiger partial charge in [-0.1, -0.05) is 61.4 Å². The van der Waals surface area contributed by atoms with Crippen LogP contribution in [-0.2, 0) is 17.8 Å². The molecule has 132 valence electrons. The van der Waals surface area contributed by atoms with Crippen molar-refractivity contribution in [2.24, 2.45) is 0 Å². The van der Waals surface area contributed by atoms with Gasteiger partial charge in [0.1, 0.15) is 5.75 Å². The van der Waals surface area contributed by atoms with Crippen LogP contribution in [0.3, 0.4) is 0 Å². The molecule has 3 aromatic rings. The highest BCUT2D eigenvalue weighted by Gasteiger charge is 2.22. The molecular formula is C16H17ClN4O3S. The Bertz CT molecular complexity index is 844. The van der Waals surface area contributed by atoms with Crippen LogP contribution in [0.4, 0.5) is 0 Å². The standard InChI is InChI=1S/C16H17ClN4O3S/c1-16(2,3)14-18-12(21-24-14)9-25-15-20-19-13(23-15)8-22-11-7-5-4-6-10(11)17/h4-7H,8-9H2,1-3H3. The molecule has 2 heterocycles. The SMILES string of the molecule is CC(C)(C)c1nc(CSc2nnc(COc3ccccc3Cl)o2)no1. The highest BCUT2D eigenvalue weighted by Crippen LogP contribution is 2.26. The summed E-state index contributed by atoms with van der Waals surface area (Å²) in [4.78, 5) is 4.36. The lowest BCUT2D eigenvalue weighted by Crippen LogP contribution is -2.11. The minimum absolute atomic E-state index is 0.147. The number of hydrogen-bond acceptors (Lipinski definition) is 8. The number of ether oxygens (including phenoxy) is 1. The number of hydrogen-bond donors (Lipinski definition) is 0. The second kappa shape index (κ2) is 7.45. The Morgan fingerprint density at radius 3 is 2.72 bits per heavy atom. The summed E-state index contributed by atoms with van der Waals surface area (Å²) in [7, 11) is 0. The van der Waals surface area contributed by atoms with Crippen LogP contribution < -0.4 is 4.74 Å². The third kappa shape index (κ3) is 4.73. The number of benzene rings is 1. The number of thioether (sulfide) groups is 1. The van der Waals surface area contributed by atoms with Crippen molar-refractivity contribution >= 4 is 23.4 Å². The Morgan fingerprint density at radius 1 is 1.20 bits per heavy atom. The number of aromatic nitrogens is 4. The molecule has 3 rings (SSSR count). The molecule has 0 saturated heterocycles. The first-order chi connectivity index (χ1) is 11.9. The largest absolute Gasteiger partial charge is 0.482 e. The van der Waals surface area contributed by atoms with Gasteiger partial charge in [0.15, 0.2) is 12.4 Å². The Balaban J connectivity index is 1.53. The molecule has 0 N–H and O–H groups in total. The van der Waals surface area contributed by atoms with Gasteiger partial charge in [-0.25, -0.2) is 0 Å². The van der Waals surface area contributed by atoms with Gasteiger partial charge in [0.25, 0.3) is 11.1 Å². The Kier molecular flexibility index (Phi) is 5.29. The van der Waals surface area contributed by atoms with Gasteiger partial charge >= 0.3 is 0 Å². The summed E-state index contributed by atoms with van der Waals surface area (Å²) in [5.41, 5.74) is -0.177. The highest BCUT2D eigenvalue weighted by molar-refractivity contribution is 7.98. The molecule has 0 atom stereocenters. The average Bonchev–Trinajstić information content (AvgIpc) is 3.21. The van der Waals surface area contributed by atoms with E-state index in [1.165, 1.54) is 11.8 Å². The van der Waals surface area contributed by atoms with Crippen molar-refractivity contribution in [1.29, 1.82) is 0 Å². The van der Waals surface area contributed by atoms with Gasteiger partial charge in [0.2, 0.25) is 5.89 Å². The first kappa shape index (κ1) is 17.8. The van der Waals surface area contributed by atoms with Crippen molar-refractivity contribution in [2.75, 3.05) is 0 Å². The zero-order chi connectivity index (χ0) is 17.9. The van der Waals surface area contributed by atoms with Crippen LogP contribution in [0.5, 0.6) is 5.75 Å². The van der Waals surface area contributed by atoms with Gasteiger partial charge in [-0.2, -0.15) is 4.98 Å². The van der Waals surface area contributed by atoms with E-state index in [1.807, 2.05) is 32.9 Å². The molecule has 0 radical (unpaired) electrons. The highest BCUT2D eigenvalue weighted by atomic mass is 35.5. The molecule has 9 heteroatoms. The molecule has 0 amide bonds. The Morgan fingerprint density at radius 2 is 2.00 bits per heavy atom. The molecule has 25 heavy (non-hydrogen) atoms. The van der Waals surface area contributed by atoms with E-state index in [0.717, 1.165) is 0 Å². The van der Waals surface area contributed by atoms with Gasteiger partial charge in [0, 0.05) is 5.41 Å². The van der Waals surface area contributed by atoms with Crippen LogP contribution in [-0.4, -0.2) is 20.3 Å². The van der Waals surface area contributed by atoms with E-state index >= 15 is 0 Å². The summed E-state index contributed by atoms with van der Waals surface area (Å²) in [5.74, 6) is 2.60. The fourth-order valence-corrected chi connectivity index (χ4v) is 2.61. The summed E-state index contributed by atoms with van der Waals surface area (Å²) in [6.07, 6.45) is 0. The molecule has 0 unspecified atom stereocenters. The third-order valence-corrected chi connectivity index (χ3v) is 4.20. The van der Waals surface area contributed by atoms with Crippen molar-refractivity contribution in [3.63, 3.8) is 0 Å². The van der Waals surface area contributed by atoms with Crippen LogP contribution in [0.15, 0.2) is 38.4 Å². The molecule has 0 fully saturated rings. The van der Waals surface area contributed by atoms with E-state index < -0.39 is 0 Å². The van der Waals surface area contributed by atoms with Gasteiger partial charge < -0.3 is 13.7 Å². The number of para-hydroxylation sites is 1. The first-order valence-corrected chi connectivity index (χ1v) is 8.94. The second-order valence-electron chi connectivity index (χ2n) is 6.24. The molecule has 0 aliphatic carbocycles. The van der Waals surface area contributed by atoms with Gasteiger partial charge in [-0.3, -0.25) is 0 Å². The maximum absolute atomic E-state index is 6.03. The predicted octanol–water partition coefficient (Wildman–Crippen LogP) is 4.27. The average molecular weight is 381 g/mol. The van der Waals surface area contributed by atoms with E-state index in [2.05, 4.69) is 20.3 Å². The van der Waals surface area contributed by atoms with Gasteiger partial charge in [-0.15, -0.1) is 10.2 Å². The molecule has 1 aromatic carbocycles. The van der Waals surface area contributed by atoms with Gasteiger partial charge in [-0.05, 0) is 12.1 Å². The molecule has 0 bridgehead atoms. The Hall–Kier alpha value is -2.06. The van der Waals surface area contributed by atoms with Gasteiger partial charge in [0.05, 0.1) is 10.8 Å². The number of halogens is 1. The van der Waals surface area contributed by atoms with Crippen molar-refractivity contribution < 1.29 is 13.7 Å². The summed E-state index contributed by atoms with van der Waals surface area (Å²) >= 11 is 7.36. The third-order valence-electron chi connectivity index (χ3n) is 3.07. The summed E-state index contributed by atoms with van der Waals surface area (Å²) < 4.78 is 16.3. The minimum Gasteiger partial charge on any atom is -0.482 e. The minimum atomic E-state index is -0.177.